The first-order valence-electron chi connectivity index (χ1n) is 12.9. The highest BCUT2D eigenvalue weighted by molar-refractivity contribution is 7.22. The Bertz CT molecular complexity index is 1880. The quantitative estimate of drug-likeness (QED) is 0.228. The van der Waals surface area contributed by atoms with E-state index in [1.807, 2.05) is 42.5 Å². The molecule has 4 heteroatoms. The third kappa shape index (κ3) is 4.63. The van der Waals surface area contributed by atoms with E-state index in [0.29, 0.717) is 5.82 Å². The Hall–Kier alpha value is -4.93. The van der Waals surface area contributed by atoms with E-state index in [1.165, 1.54) is 11.1 Å². The molecule has 0 N–H and O–H groups in total. The molecule has 0 aliphatic heterocycles. The molecule has 0 unspecified atom stereocenters. The molecule has 3 nitrogen and oxygen atoms in total. The van der Waals surface area contributed by atoms with Crippen molar-refractivity contribution in [2.24, 2.45) is 0 Å². The Labute approximate surface area is 231 Å². The zero-order valence-corrected chi connectivity index (χ0v) is 21.8. The normalized spacial score (nSPS) is 11.1. The Morgan fingerprint density at radius 3 is 1.67 bits per heavy atom. The van der Waals surface area contributed by atoms with E-state index in [0.717, 1.165) is 48.9 Å². The minimum atomic E-state index is 0.704. The van der Waals surface area contributed by atoms with Crippen molar-refractivity contribution in [2.45, 2.75) is 0 Å². The molecule has 2 heterocycles. The van der Waals surface area contributed by atoms with Crippen LogP contribution in [0.1, 0.15) is 0 Å². The van der Waals surface area contributed by atoms with E-state index in [1.54, 1.807) is 11.3 Å². The van der Waals surface area contributed by atoms with Gasteiger partial charge in [0, 0.05) is 22.3 Å². The van der Waals surface area contributed by atoms with Gasteiger partial charge in [0.1, 0.15) is 5.01 Å². The zero-order valence-electron chi connectivity index (χ0n) is 21.0. The van der Waals surface area contributed by atoms with E-state index < -0.39 is 0 Å². The SMILES string of the molecule is c1ccc(-c2ccc(-c3nc(-c4ccccc4)cc(-c4cccc5nc(-c6ccccc6)sc45)n3)cc2)cc1. The van der Waals surface area contributed by atoms with Gasteiger partial charge >= 0.3 is 0 Å². The van der Waals surface area contributed by atoms with Crippen LogP contribution in [0.25, 0.3) is 65.8 Å². The summed E-state index contributed by atoms with van der Waals surface area (Å²) in [5.41, 5.74) is 9.35. The van der Waals surface area contributed by atoms with Gasteiger partial charge in [-0.25, -0.2) is 15.0 Å². The summed E-state index contributed by atoms with van der Waals surface area (Å²) in [5.74, 6) is 0.704. The number of benzene rings is 5. The molecule has 7 rings (SSSR count). The van der Waals surface area contributed by atoms with Crippen LogP contribution in [0, 0.1) is 0 Å². The van der Waals surface area contributed by atoms with Gasteiger partial charge in [-0.3, -0.25) is 0 Å². The lowest BCUT2D eigenvalue weighted by Gasteiger charge is -2.10. The number of nitrogens with zero attached hydrogens (tertiary/aromatic N) is 3. The second-order valence-electron chi connectivity index (χ2n) is 9.31. The van der Waals surface area contributed by atoms with Gasteiger partial charge in [0.05, 0.1) is 21.6 Å². The third-order valence-electron chi connectivity index (χ3n) is 6.76. The second-order valence-corrected chi connectivity index (χ2v) is 10.3. The first-order valence-corrected chi connectivity index (χ1v) is 13.7. The number of fused-ring (bicyclic) bond motifs is 1. The van der Waals surface area contributed by atoms with Crippen LogP contribution in [0.4, 0.5) is 0 Å². The van der Waals surface area contributed by atoms with E-state index >= 15 is 0 Å². The fourth-order valence-electron chi connectivity index (χ4n) is 4.77. The van der Waals surface area contributed by atoms with Crippen LogP contribution in [-0.4, -0.2) is 15.0 Å². The van der Waals surface area contributed by atoms with Gasteiger partial charge in [0.15, 0.2) is 5.82 Å². The second kappa shape index (κ2) is 10.1. The summed E-state index contributed by atoms with van der Waals surface area (Å²) >= 11 is 1.70. The lowest BCUT2D eigenvalue weighted by Crippen LogP contribution is -1.96. The summed E-state index contributed by atoms with van der Waals surface area (Å²) in [5, 5.41) is 1.01. The maximum absolute atomic E-state index is 5.10. The van der Waals surface area contributed by atoms with Gasteiger partial charge < -0.3 is 0 Å². The summed E-state index contributed by atoms with van der Waals surface area (Å²) in [6, 6.07) is 47.9. The monoisotopic (exact) mass is 517 g/mol. The fourth-order valence-corrected chi connectivity index (χ4v) is 5.86. The van der Waals surface area contributed by atoms with Crippen molar-refractivity contribution in [1.82, 2.24) is 15.0 Å². The van der Waals surface area contributed by atoms with Crippen LogP contribution in [0.5, 0.6) is 0 Å². The van der Waals surface area contributed by atoms with Gasteiger partial charge in [-0.1, -0.05) is 127 Å². The minimum absolute atomic E-state index is 0.704. The maximum Gasteiger partial charge on any atom is 0.160 e. The maximum atomic E-state index is 5.10. The van der Waals surface area contributed by atoms with Crippen LogP contribution in [0.2, 0.25) is 0 Å². The van der Waals surface area contributed by atoms with Crippen LogP contribution in [0.3, 0.4) is 0 Å². The highest BCUT2D eigenvalue weighted by Crippen LogP contribution is 2.38. The van der Waals surface area contributed by atoms with Crippen molar-refractivity contribution >= 4 is 21.6 Å². The molecule has 7 aromatic rings. The number of rotatable bonds is 5. The van der Waals surface area contributed by atoms with Crippen molar-refractivity contribution in [3.8, 4) is 55.6 Å². The van der Waals surface area contributed by atoms with Gasteiger partial charge in [0.25, 0.3) is 0 Å². The Morgan fingerprint density at radius 2 is 0.974 bits per heavy atom. The highest BCUT2D eigenvalue weighted by atomic mass is 32.1. The van der Waals surface area contributed by atoms with Gasteiger partial charge in [-0.2, -0.15) is 0 Å². The Kier molecular flexibility index (Phi) is 6.00. The summed E-state index contributed by atoms with van der Waals surface area (Å²) in [6.07, 6.45) is 0. The first-order chi connectivity index (χ1) is 19.3. The molecule has 39 heavy (non-hydrogen) atoms. The predicted octanol–water partition coefficient (Wildman–Crippen LogP) is 9.42. The molecule has 0 aliphatic rings. The zero-order chi connectivity index (χ0) is 26.0. The average molecular weight is 518 g/mol. The minimum Gasteiger partial charge on any atom is -0.236 e. The van der Waals surface area contributed by atoms with Crippen molar-refractivity contribution in [3.05, 3.63) is 140 Å². The van der Waals surface area contributed by atoms with Crippen LogP contribution in [-0.2, 0) is 0 Å². The first kappa shape index (κ1) is 23.2. The van der Waals surface area contributed by atoms with Crippen LogP contribution >= 0.6 is 11.3 Å². The number of hydrogen-bond acceptors (Lipinski definition) is 4. The summed E-state index contributed by atoms with van der Waals surface area (Å²) in [7, 11) is 0. The van der Waals surface area contributed by atoms with Gasteiger partial charge in [0.2, 0.25) is 0 Å². The summed E-state index contributed by atoms with van der Waals surface area (Å²) in [4.78, 5) is 15.1. The molecule has 0 radical (unpaired) electrons. The Morgan fingerprint density at radius 1 is 0.410 bits per heavy atom. The largest absolute Gasteiger partial charge is 0.236 e. The van der Waals surface area contributed by atoms with Crippen LogP contribution < -0.4 is 0 Å². The van der Waals surface area contributed by atoms with E-state index in [-0.39, 0.29) is 0 Å². The molecule has 5 aromatic carbocycles. The standard InChI is InChI=1S/C35H23N3S/c1-4-11-24(12-5-1)25-19-21-27(22-20-25)34-36-31(26-13-6-2-7-14-26)23-32(37-34)29-17-10-18-30-33(29)39-35(38-30)28-15-8-3-9-16-28/h1-23H. The Balaban J connectivity index is 1.37. The van der Waals surface area contributed by atoms with E-state index in [2.05, 4.69) is 97.1 Å². The molecule has 0 bridgehead atoms. The molecule has 2 aromatic heterocycles. The summed E-state index contributed by atoms with van der Waals surface area (Å²) < 4.78 is 1.12. The van der Waals surface area contributed by atoms with Crippen molar-refractivity contribution in [1.29, 1.82) is 0 Å². The van der Waals surface area contributed by atoms with E-state index in [4.69, 9.17) is 15.0 Å². The predicted molar refractivity (Wildman–Crippen MR) is 162 cm³/mol. The third-order valence-corrected chi connectivity index (χ3v) is 7.91. The molecular weight excluding hydrogens is 494 g/mol. The molecule has 0 atom stereocenters. The molecule has 0 aliphatic carbocycles. The number of hydrogen-bond donors (Lipinski definition) is 0. The molecule has 184 valence electrons. The highest BCUT2D eigenvalue weighted by Gasteiger charge is 2.15. The molecular formula is C35H23N3S. The molecule has 0 fully saturated rings. The average Bonchev–Trinajstić information content (AvgIpc) is 3.47. The summed E-state index contributed by atoms with van der Waals surface area (Å²) in [6.45, 7) is 0. The van der Waals surface area contributed by atoms with Crippen molar-refractivity contribution in [2.75, 3.05) is 0 Å². The van der Waals surface area contributed by atoms with Crippen molar-refractivity contribution < 1.29 is 0 Å². The van der Waals surface area contributed by atoms with Gasteiger partial charge in [-0.05, 0) is 23.3 Å². The van der Waals surface area contributed by atoms with Crippen LogP contribution in [0.15, 0.2) is 140 Å². The fraction of sp³-hybridized carbons (Fsp3) is 0. The lowest BCUT2D eigenvalue weighted by atomic mass is 10.0. The number of aromatic nitrogens is 3. The molecule has 0 amide bonds. The number of thiazole rings is 1. The molecule has 0 spiro atoms. The lowest BCUT2D eigenvalue weighted by molar-refractivity contribution is 1.19. The van der Waals surface area contributed by atoms with E-state index in [9.17, 15) is 0 Å². The van der Waals surface area contributed by atoms with Crippen molar-refractivity contribution in [3.63, 3.8) is 0 Å². The molecule has 0 saturated carbocycles. The smallest absolute Gasteiger partial charge is 0.160 e. The van der Waals surface area contributed by atoms with Gasteiger partial charge in [-0.15, -0.1) is 11.3 Å². The topological polar surface area (TPSA) is 38.7 Å². The molecule has 0 saturated heterocycles.